The van der Waals surface area contributed by atoms with Crippen molar-refractivity contribution in [1.29, 1.82) is 0 Å². The van der Waals surface area contributed by atoms with E-state index in [-0.39, 0.29) is 0 Å². The van der Waals surface area contributed by atoms with E-state index in [9.17, 15) is 0 Å². The minimum Gasteiger partial charge on any atom is -0.292 e. The predicted octanol–water partition coefficient (Wildman–Crippen LogP) is 0.811. The molecule has 0 saturated heterocycles. The summed E-state index contributed by atoms with van der Waals surface area (Å²) in [5.74, 6) is 2.00. The highest BCUT2D eigenvalue weighted by Gasteiger charge is 2.20. The Labute approximate surface area is 78.6 Å². The van der Waals surface area contributed by atoms with Crippen molar-refractivity contribution in [2.75, 3.05) is 6.54 Å². The smallest absolute Gasteiger partial charge is 0.147 e. The van der Waals surface area contributed by atoms with Gasteiger partial charge in [-0.05, 0) is 20.8 Å². The Morgan fingerprint density at radius 2 is 2.08 bits per heavy atom. The van der Waals surface area contributed by atoms with Crippen molar-refractivity contribution in [3.8, 4) is 0 Å². The van der Waals surface area contributed by atoms with Crippen LogP contribution in [0.3, 0.4) is 0 Å². The van der Waals surface area contributed by atoms with Crippen molar-refractivity contribution >= 4 is 0 Å². The van der Waals surface area contributed by atoms with Crippen LogP contribution in [0.2, 0.25) is 0 Å². The first-order chi connectivity index (χ1) is 6.16. The van der Waals surface area contributed by atoms with E-state index in [0.29, 0.717) is 6.04 Å². The Morgan fingerprint density at radius 1 is 1.31 bits per heavy atom. The van der Waals surface area contributed by atoms with Gasteiger partial charge in [0, 0.05) is 12.6 Å². The largest absolute Gasteiger partial charge is 0.292 e. The minimum absolute atomic E-state index is 0.603. The molecule has 4 heteroatoms. The molecule has 13 heavy (non-hydrogen) atoms. The molecule has 1 aliphatic heterocycles. The molecule has 2 rings (SSSR count). The monoisotopic (exact) mass is 180 g/mol. The van der Waals surface area contributed by atoms with Crippen LogP contribution < -0.4 is 0 Å². The summed E-state index contributed by atoms with van der Waals surface area (Å²) in [6.45, 7) is 9.41. The number of hydrogen-bond donors (Lipinski definition) is 0. The first kappa shape index (κ1) is 8.69. The summed E-state index contributed by atoms with van der Waals surface area (Å²) in [7, 11) is 0. The summed E-state index contributed by atoms with van der Waals surface area (Å²) < 4.78 is 2.02. The van der Waals surface area contributed by atoms with Crippen molar-refractivity contribution in [2.45, 2.75) is 39.9 Å². The van der Waals surface area contributed by atoms with Crippen LogP contribution in [0.15, 0.2) is 0 Å². The number of nitrogens with zero attached hydrogens (tertiary/aromatic N) is 4. The summed E-state index contributed by atoms with van der Waals surface area (Å²) in [5, 5.41) is 4.32. The van der Waals surface area contributed by atoms with Crippen LogP contribution in [-0.4, -0.2) is 32.3 Å². The second-order valence-corrected chi connectivity index (χ2v) is 3.86. The Bertz CT molecular complexity index is 303. The van der Waals surface area contributed by atoms with E-state index < -0.39 is 0 Å². The number of fused-ring (bicyclic) bond motifs is 1. The van der Waals surface area contributed by atoms with Crippen molar-refractivity contribution < 1.29 is 0 Å². The van der Waals surface area contributed by atoms with E-state index >= 15 is 0 Å². The summed E-state index contributed by atoms with van der Waals surface area (Å²) in [6.07, 6.45) is 0. The second kappa shape index (κ2) is 3.10. The van der Waals surface area contributed by atoms with E-state index in [1.165, 1.54) is 0 Å². The van der Waals surface area contributed by atoms with Gasteiger partial charge in [-0.1, -0.05) is 0 Å². The fourth-order valence-electron chi connectivity index (χ4n) is 1.72. The third-order valence-corrected chi connectivity index (χ3v) is 2.53. The van der Waals surface area contributed by atoms with Crippen molar-refractivity contribution in [2.24, 2.45) is 0 Å². The molecule has 0 bridgehead atoms. The maximum Gasteiger partial charge on any atom is 0.147 e. The van der Waals surface area contributed by atoms with Crippen LogP contribution in [0.4, 0.5) is 0 Å². The molecule has 0 aromatic carbocycles. The fourth-order valence-corrected chi connectivity index (χ4v) is 1.72. The zero-order chi connectivity index (χ0) is 9.42. The molecule has 0 spiro atoms. The Kier molecular flexibility index (Phi) is 2.07. The van der Waals surface area contributed by atoms with Crippen molar-refractivity contribution in [3.05, 3.63) is 11.6 Å². The highest BCUT2D eigenvalue weighted by Crippen LogP contribution is 2.12. The highest BCUT2D eigenvalue weighted by molar-refractivity contribution is 4.94. The molecule has 0 N–H and O–H groups in total. The lowest BCUT2D eigenvalue weighted by atomic mass is 10.3. The van der Waals surface area contributed by atoms with Crippen molar-refractivity contribution in [3.63, 3.8) is 0 Å². The van der Waals surface area contributed by atoms with E-state index in [1.807, 2.05) is 11.6 Å². The molecule has 0 amide bonds. The fraction of sp³-hybridized carbons (Fsp3) is 0.778. The molecule has 0 fully saturated rings. The molecule has 1 aromatic rings. The van der Waals surface area contributed by atoms with Gasteiger partial charge in [0.05, 0.1) is 13.1 Å². The molecule has 0 aliphatic carbocycles. The zero-order valence-electron chi connectivity index (χ0n) is 8.49. The average Bonchev–Trinajstić information content (AvgIpc) is 2.42. The van der Waals surface area contributed by atoms with Gasteiger partial charge in [0.1, 0.15) is 11.6 Å². The van der Waals surface area contributed by atoms with Gasteiger partial charge in [-0.2, -0.15) is 5.10 Å². The Morgan fingerprint density at radius 3 is 2.77 bits per heavy atom. The maximum absolute atomic E-state index is 4.39. The number of rotatable bonds is 1. The third-order valence-electron chi connectivity index (χ3n) is 2.53. The quantitative estimate of drug-likeness (QED) is 0.641. The molecule has 0 radical (unpaired) electrons. The van der Waals surface area contributed by atoms with Gasteiger partial charge in [0.25, 0.3) is 0 Å². The van der Waals surface area contributed by atoms with Gasteiger partial charge >= 0.3 is 0 Å². The first-order valence-corrected chi connectivity index (χ1v) is 4.81. The molecular formula is C9H16N4. The Hall–Kier alpha value is -0.900. The summed E-state index contributed by atoms with van der Waals surface area (Å²) in [4.78, 5) is 6.81. The average molecular weight is 180 g/mol. The molecule has 1 aliphatic rings. The maximum atomic E-state index is 4.39. The van der Waals surface area contributed by atoms with Crippen LogP contribution in [0.5, 0.6) is 0 Å². The SMILES string of the molecule is Cc1nc2n(n1)CCN(C(C)C)C2. The second-order valence-electron chi connectivity index (χ2n) is 3.86. The van der Waals surface area contributed by atoms with Crippen LogP contribution in [0.1, 0.15) is 25.5 Å². The van der Waals surface area contributed by atoms with Crippen LogP contribution >= 0.6 is 0 Å². The molecule has 4 nitrogen and oxygen atoms in total. The minimum atomic E-state index is 0.603. The summed E-state index contributed by atoms with van der Waals surface area (Å²) in [5.41, 5.74) is 0. The van der Waals surface area contributed by atoms with E-state index in [0.717, 1.165) is 31.3 Å². The van der Waals surface area contributed by atoms with Crippen LogP contribution in [-0.2, 0) is 13.1 Å². The van der Waals surface area contributed by atoms with Crippen LogP contribution in [0, 0.1) is 6.92 Å². The summed E-state index contributed by atoms with van der Waals surface area (Å²) in [6, 6.07) is 0.603. The van der Waals surface area contributed by atoms with Gasteiger partial charge in [0.2, 0.25) is 0 Å². The van der Waals surface area contributed by atoms with E-state index in [2.05, 4.69) is 28.8 Å². The van der Waals surface area contributed by atoms with E-state index in [4.69, 9.17) is 0 Å². The number of aryl methyl sites for hydroxylation is 1. The highest BCUT2D eigenvalue weighted by atomic mass is 15.4. The number of hydrogen-bond acceptors (Lipinski definition) is 3. The van der Waals surface area contributed by atoms with Gasteiger partial charge in [-0.25, -0.2) is 9.67 Å². The normalized spacial score (nSPS) is 17.8. The molecule has 1 aromatic heterocycles. The van der Waals surface area contributed by atoms with Gasteiger partial charge in [-0.15, -0.1) is 0 Å². The topological polar surface area (TPSA) is 34.0 Å². The molecule has 2 heterocycles. The lowest BCUT2D eigenvalue weighted by Crippen LogP contribution is -2.38. The Balaban J connectivity index is 2.19. The van der Waals surface area contributed by atoms with Gasteiger partial charge < -0.3 is 0 Å². The lowest BCUT2D eigenvalue weighted by molar-refractivity contribution is 0.167. The third kappa shape index (κ3) is 1.58. The lowest BCUT2D eigenvalue weighted by Gasteiger charge is -2.29. The molecule has 0 atom stereocenters. The van der Waals surface area contributed by atoms with Gasteiger partial charge in [0.15, 0.2) is 0 Å². The number of aromatic nitrogens is 3. The van der Waals surface area contributed by atoms with Crippen molar-refractivity contribution in [1.82, 2.24) is 19.7 Å². The van der Waals surface area contributed by atoms with Gasteiger partial charge in [-0.3, -0.25) is 4.90 Å². The van der Waals surface area contributed by atoms with E-state index in [1.54, 1.807) is 0 Å². The zero-order valence-corrected chi connectivity index (χ0v) is 8.49. The van der Waals surface area contributed by atoms with Crippen LogP contribution in [0.25, 0.3) is 0 Å². The molecule has 72 valence electrons. The standard InChI is InChI=1S/C9H16N4/c1-7(2)12-4-5-13-9(6-12)10-8(3)11-13/h7H,4-6H2,1-3H3. The molecular weight excluding hydrogens is 164 g/mol. The predicted molar refractivity (Wildman–Crippen MR) is 50.3 cm³/mol. The molecule has 0 saturated carbocycles. The molecule has 0 unspecified atom stereocenters. The summed E-state index contributed by atoms with van der Waals surface area (Å²) >= 11 is 0. The first-order valence-electron chi connectivity index (χ1n) is 4.81.